The first kappa shape index (κ1) is 16.7. The molecule has 0 spiro atoms. The normalized spacial score (nSPS) is 10.7. The lowest BCUT2D eigenvalue weighted by Gasteiger charge is -2.12. The second-order valence-electron chi connectivity index (χ2n) is 5.84. The molecule has 0 saturated heterocycles. The molecule has 0 amide bonds. The van der Waals surface area contributed by atoms with Crippen LogP contribution in [0.3, 0.4) is 0 Å². The molecular weight excluding hydrogens is 316 g/mol. The van der Waals surface area contributed by atoms with Crippen LogP contribution in [0.15, 0.2) is 61.3 Å². The van der Waals surface area contributed by atoms with Gasteiger partial charge in [0.1, 0.15) is 11.4 Å². The number of esters is 1. The van der Waals surface area contributed by atoms with Crippen LogP contribution in [-0.4, -0.2) is 26.6 Å². The molecule has 6 nitrogen and oxygen atoms in total. The van der Waals surface area contributed by atoms with Gasteiger partial charge in [0.15, 0.2) is 0 Å². The predicted molar refractivity (Wildman–Crippen MR) is 95.7 cm³/mol. The van der Waals surface area contributed by atoms with E-state index in [1.165, 1.54) is 0 Å². The first-order chi connectivity index (χ1) is 12.1. The lowest BCUT2D eigenvalue weighted by molar-refractivity contribution is 0.0378. The van der Waals surface area contributed by atoms with E-state index < -0.39 is 0 Å². The number of carbonyl (C=O) groups excluding carboxylic acids is 1. The van der Waals surface area contributed by atoms with Gasteiger partial charge in [0.2, 0.25) is 0 Å². The number of rotatable bonds is 6. The van der Waals surface area contributed by atoms with E-state index in [1.807, 2.05) is 48.9 Å². The molecule has 0 aliphatic carbocycles. The molecule has 3 aromatic rings. The van der Waals surface area contributed by atoms with Gasteiger partial charge in [0, 0.05) is 30.8 Å². The second kappa shape index (κ2) is 7.61. The SMILES string of the molecule is CC(C)OC(=O)c1cccnc1NCc1ccc(-n2ccnc2)cc1. The molecule has 0 fully saturated rings. The highest BCUT2D eigenvalue weighted by Crippen LogP contribution is 2.16. The maximum atomic E-state index is 12.2. The summed E-state index contributed by atoms with van der Waals surface area (Å²) >= 11 is 0. The van der Waals surface area contributed by atoms with Crippen LogP contribution in [0.4, 0.5) is 5.82 Å². The second-order valence-corrected chi connectivity index (χ2v) is 5.84. The van der Waals surface area contributed by atoms with E-state index >= 15 is 0 Å². The number of hydrogen-bond acceptors (Lipinski definition) is 5. The van der Waals surface area contributed by atoms with Crippen molar-refractivity contribution in [3.8, 4) is 5.69 Å². The van der Waals surface area contributed by atoms with Crippen LogP contribution in [0.2, 0.25) is 0 Å². The molecule has 0 aliphatic rings. The fraction of sp³-hybridized carbons (Fsp3) is 0.211. The van der Waals surface area contributed by atoms with E-state index in [2.05, 4.69) is 15.3 Å². The van der Waals surface area contributed by atoms with Crippen molar-refractivity contribution in [2.24, 2.45) is 0 Å². The number of pyridine rings is 1. The first-order valence-corrected chi connectivity index (χ1v) is 8.10. The summed E-state index contributed by atoms with van der Waals surface area (Å²) in [5.74, 6) is 0.146. The molecule has 25 heavy (non-hydrogen) atoms. The molecule has 1 aromatic carbocycles. The van der Waals surface area contributed by atoms with Gasteiger partial charge in [-0.1, -0.05) is 12.1 Å². The van der Waals surface area contributed by atoms with Crippen molar-refractivity contribution >= 4 is 11.8 Å². The number of carbonyl (C=O) groups is 1. The van der Waals surface area contributed by atoms with Crippen LogP contribution in [0, 0.1) is 0 Å². The smallest absolute Gasteiger partial charge is 0.342 e. The molecule has 0 radical (unpaired) electrons. The Balaban J connectivity index is 1.68. The average Bonchev–Trinajstić information content (AvgIpc) is 3.15. The summed E-state index contributed by atoms with van der Waals surface area (Å²) in [6.07, 6.45) is 6.88. The van der Waals surface area contributed by atoms with Crippen molar-refractivity contribution < 1.29 is 9.53 Å². The minimum Gasteiger partial charge on any atom is -0.459 e. The number of hydrogen-bond donors (Lipinski definition) is 1. The zero-order valence-corrected chi connectivity index (χ0v) is 14.2. The summed E-state index contributed by atoms with van der Waals surface area (Å²) in [7, 11) is 0. The Labute approximate surface area is 146 Å². The standard InChI is InChI=1S/C19H20N4O2/c1-14(2)25-19(24)17-4-3-9-21-18(17)22-12-15-5-7-16(8-6-15)23-11-10-20-13-23/h3-11,13-14H,12H2,1-2H3,(H,21,22). The number of nitrogens with zero attached hydrogens (tertiary/aromatic N) is 3. The van der Waals surface area contributed by atoms with Crippen LogP contribution in [0.25, 0.3) is 5.69 Å². The molecule has 1 N–H and O–H groups in total. The fourth-order valence-electron chi connectivity index (χ4n) is 2.37. The Kier molecular flexibility index (Phi) is 5.09. The molecule has 128 valence electrons. The minimum atomic E-state index is -0.374. The van der Waals surface area contributed by atoms with Crippen molar-refractivity contribution in [1.29, 1.82) is 0 Å². The maximum absolute atomic E-state index is 12.2. The number of aromatic nitrogens is 3. The van der Waals surface area contributed by atoms with Gasteiger partial charge in [0.05, 0.1) is 12.4 Å². The first-order valence-electron chi connectivity index (χ1n) is 8.10. The molecular formula is C19H20N4O2. The van der Waals surface area contributed by atoms with Crippen LogP contribution in [-0.2, 0) is 11.3 Å². The van der Waals surface area contributed by atoms with Crippen molar-refractivity contribution in [2.75, 3.05) is 5.32 Å². The van der Waals surface area contributed by atoms with Crippen molar-refractivity contribution in [3.05, 3.63) is 72.4 Å². The molecule has 2 heterocycles. The van der Waals surface area contributed by atoms with E-state index in [-0.39, 0.29) is 12.1 Å². The Morgan fingerprint density at radius 2 is 2.00 bits per heavy atom. The Morgan fingerprint density at radius 3 is 2.68 bits per heavy atom. The monoisotopic (exact) mass is 336 g/mol. The third kappa shape index (κ3) is 4.23. The van der Waals surface area contributed by atoms with Gasteiger partial charge in [-0.15, -0.1) is 0 Å². The largest absolute Gasteiger partial charge is 0.459 e. The van der Waals surface area contributed by atoms with E-state index in [0.29, 0.717) is 17.9 Å². The molecule has 0 unspecified atom stereocenters. The highest BCUT2D eigenvalue weighted by Gasteiger charge is 2.14. The van der Waals surface area contributed by atoms with Crippen molar-refractivity contribution in [2.45, 2.75) is 26.5 Å². The number of ether oxygens (including phenoxy) is 1. The molecule has 0 aliphatic heterocycles. The molecule has 2 aromatic heterocycles. The molecule has 6 heteroatoms. The predicted octanol–water partition coefficient (Wildman–Crippen LogP) is 3.44. The van der Waals surface area contributed by atoms with Crippen LogP contribution in [0.5, 0.6) is 0 Å². The number of anilines is 1. The maximum Gasteiger partial charge on any atom is 0.342 e. The van der Waals surface area contributed by atoms with Crippen LogP contribution in [0.1, 0.15) is 29.8 Å². The van der Waals surface area contributed by atoms with Gasteiger partial charge < -0.3 is 14.6 Å². The lowest BCUT2D eigenvalue weighted by atomic mass is 10.2. The van der Waals surface area contributed by atoms with Crippen molar-refractivity contribution in [1.82, 2.24) is 14.5 Å². The van der Waals surface area contributed by atoms with Gasteiger partial charge in [-0.25, -0.2) is 14.8 Å². The summed E-state index contributed by atoms with van der Waals surface area (Å²) in [4.78, 5) is 20.5. The average molecular weight is 336 g/mol. The van der Waals surface area contributed by atoms with Crippen molar-refractivity contribution in [3.63, 3.8) is 0 Å². The van der Waals surface area contributed by atoms with Crippen LogP contribution >= 0.6 is 0 Å². The van der Waals surface area contributed by atoms with Gasteiger partial charge in [-0.05, 0) is 43.7 Å². The van der Waals surface area contributed by atoms with Gasteiger partial charge >= 0.3 is 5.97 Å². The van der Waals surface area contributed by atoms with E-state index in [1.54, 1.807) is 30.9 Å². The van der Waals surface area contributed by atoms with Gasteiger partial charge in [0.25, 0.3) is 0 Å². The van der Waals surface area contributed by atoms with E-state index in [9.17, 15) is 4.79 Å². The fourth-order valence-corrected chi connectivity index (χ4v) is 2.37. The highest BCUT2D eigenvalue weighted by atomic mass is 16.5. The molecule has 3 rings (SSSR count). The summed E-state index contributed by atoms with van der Waals surface area (Å²) in [6, 6.07) is 11.5. The summed E-state index contributed by atoms with van der Waals surface area (Å²) in [5, 5.41) is 3.21. The Hall–Kier alpha value is -3.15. The minimum absolute atomic E-state index is 0.170. The summed E-state index contributed by atoms with van der Waals surface area (Å²) in [6.45, 7) is 4.20. The Bertz CT molecular complexity index is 827. The zero-order valence-electron chi connectivity index (χ0n) is 14.2. The third-order valence-electron chi connectivity index (χ3n) is 3.57. The highest BCUT2D eigenvalue weighted by molar-refractivity contribution is 5.94. The molecule has 0 atom stereocenters. The molecule has 0 bridgehead atoms. The van der Waals surface area contributed by atoms with Gasteiger partial charge in [-0.2, -0.15) is 0 Å². The summed E-state index contributed by atoms with van der Waals surface area (Å²) in [5.41, 5.74) is 2.56. The Morgan fingerprint density at radius 1 is 1.20 bits per heavy atom. The number of imidazole rings is 1. The summed E-state index contributed by atoms with van der Waals surface area (Å²) < 4.78 is 7.20. The van der Waals surface area contributed by atoms with E-state index in [0.717, 1.165) is 11.3 Å². The lowest BCUT2D eigenvalue weighted by Crippen LogP contribution is -2.15. The van der Waals surface area contributed by atoms with Crippen LogP contribution < -0.4 is 5.32 Å². The number of benzene rings is 1. The third-order valence-corrected chi connectivity index (χ3v) is 3.57. The quantitative estimate of drug-likeness (QED) is 0.698. The molecule has 0 saturated carbocycles. The van der Waals surface area contributed by atoms with Gasteiger partial charge in [-0.3, -0.25) is 0 Å². The zero-order chi connectivity index (χ0) is 17.6. The van der Waals surface area contributed by atoms with E-state index in [4.69, 9.17) is 4.74 Å². The topological polar surface area (TPSA) is 69.0 Å². The number of nitrogens with one attached hydrogen (secondary N) is 1.